The summed E-state index contributed by atoms with van der Waals surface area (Å²) >= 11 is 0. The van der Waals surface area contributed by atoms with Gasteiger partial charge in [0, 0.05) is 24.1 Å². The Labute approximate surface area is 192 Å². The second-order valence-electron chi connectivity index (χ2n) is 6.51. The molecule has 0 aliphatic rings. The Hall–Kier alpha value is -3.70. The lowest BCUT2D eigenvalue weighted by Crippen LogP contribution is -2.32. The Morgan fingerprint density at radius 3 is 2.27 bits per heavy atom. The number of nitrogens with one attached hydrogen (secondary N) is 2. The van der Waals surface area contributed by atoms with Gasteiger partial charge in [-0.25, -0.2) is 23.1 Å². The monoisotopic (exact) mass is 472 g/mol. The van der Waals surface area contributed by atoms with Crippen molar-refractivity contribution in [1.82, 2.24) is 14.7 Å². The third kappa shape index (κ3) is 6.89. The Kier molecular flexibility index (Phi) is 8.17. The maximum absolute atomic E-state index is 12.6. The Morgan fingerprint density at radius 2 is 1.61 bits per heavy atom. The van der Waals surface area contributed by atoms with Crippen LogP contribution in [0.15, 0.2) is 65.8 Å². The van der Waals surface area contributed by atoms with E-state index < -0.39 is 22.5 Å². The molecule has 1 amide bonds. The molecule has 0 atom stereocenters. The van der Waals surface area contributed by atoms with Crippen molar-refractivity contribution in [3.8, 4) is 23.3 Å². The van der Waals surface area contributed by atoms with Crippen LogP contribution in [0.5, 0.6) is 23.3 Å². The first-order chi connectivity index (χ1) is 15.9. The zero-order chi connectivity index (χ0) is 23.7. The molecule has 1 heterocycles. The van der Waals surface area contributed by atoms with Crippen LogP contribution in [0.25, 0.3) is 0 Å². The van der Waals surface area contributed by atoms with Gasteiger partial charge in [0.2, 0.25) is 15.9 Å². The van der Waals surface area contributed by atoms with Crippen LogP contribution in [0.4, 0.5) is 5.69 Å². The van der Waals surface area contributed by atoms with E-state index in [1.165, 1.54) is 18.2 Å². The van der Waals surface area contributed by atoms with Crippen LogP contribution in [0.2, 0.25) is 0 Å². The largest absolute Gasteiger partial charge is 0.490 e. The number of rotatable bonds is 11. The van der Waals surface area contributed by atoms with Crippen molar-refractivity contribution in [2.75, 3.05) is 25.1 Å². The minimum Gasteiger partial charge on any atom is -0.490 e. The van der Waals surface area contributed by atoms with Crippen LogP contribution in [-0.2, 0) is 14.8 Å². The number of carbonyl (C=O) groups excluding carboxylic acids is 1. The van der Waals surface area contributed by atoms with Crippen molar-refractivity contribution < 1.29 is 27.4 Å². The summed E-state index contributed by atoms with van der Waals surface area (Å²) in [4.78, 5) is 20.1. The molecule has 0 aliphatic heterocycles. The minimum absolute atomic E-state index is 0.0353. The molecule has 2 aromatic carbocycles. The molecule has 10 nitrogen and oxygen atoms in total. The number of hydrogen-bond acceptors (Lipinski definition) is 8. The van der Waals surface area contributed by atoms with Crippen LogP contribution in [0.1, 0.15) is 13.8 Å². The number of sulfonamides is 1. The van der Waals surface area contributed by atoms with E-state index in [2.05, 4.69) is 20.0 Å². The van der Waals surface area contributed by atoms with Gasteiger partial charge in [0.25, 0.3) is 0 Å². The van der Waals surface area contributed by atoms with Gasteiger partial charge in [-0.05, 0) is 56.3 Å². The zero-order valence-electron chi connectivity index (χ0n) is 18.1. The molecule has 0 spiro atoms. The van der Waals surface area contributed by atoms with E-state index in [4.69, 9.17) is 14.2 Å². The SMILES string of the molecule is CCOc1ccc(S(=O)(=O)NCC(=O)Nc2ccc(Oc3ncccn3)cc2)cc1OCC. The molecular weight excluding hydrogens is 448 g/mol. The van der Waals surface area contributed by atoms with Gasteiger partial charge in [0.1, 0.15) is 5.75 Å². The number of nitrogens with zero attached hydrogens (tertiary/aromatic N) is 2. The van der Waals surface area contributed by atoms with Crippen molar-refractivity contribution in [3.63, 3.8) is 0 Å². The summed E-state index contributed by atoms with van der Waals surface area (Å²) < 4.78 is 43.9. The highest BCUT2D eigenvalue weighted by Gasteiger charge is 2.18. The molecule has 0 unspecified atom stereocenters. The second-order valence-corrected chi connectivity index (χ2v) is 8.27. The number of carbonyl (C=O) groups is 1. The van der Waals surface area contributed by atoms with Crippen molar-refractivity contribution in [3.05, 3.63) is 60.9 Å². The number of hydrogen-bond donors (Lipinski definition) is 2. The molecular formula is C22H24N4O6S. The lowest BCUT2D eigenvalue weighted by Gasteiger charge is -2.13. The summed E-state index contributed by atoms with van der Waals surface area (Å²) in [6, 6.07) is 12.6. The van der Waals surface area contributed by atoms with Crippen molar-refractivity contribution in [2.24, 2.45) is 0 Å². The van der Waals surface area contributed by atoms with E-state index in [1.54, 1.807) is 49.6 Å². The summed E-state index contributed by atoms with van der Waals surface area (Å²) in [5, 5.41) is 2.62. The first kappa shape index (κ1) is 24.0. The molecule has 0 radical (unpaired) electrons. The van der Waals surface area contributed by atoms with E-state index >= 15 is 0 Å². The third-order valence-electron chi connectivity index (χ3n) is 4.14. The van der Waals surface area contributed by atoms with E-state index in [9.17, 15) is 13.2 Å². The van der Waals surface area contributed by atoms with Gasteiger partial charge < -0.3 is 19.5 Å². The quantitative estimate of drug-likeness (QED) is 0.436. The molecule has 0 saturated heterocycles. The Morgan fingerprint density at radius 1 is 0.939 bits per heavy atom. The van der Waals surface area contributed by atoms with Crippen molar-refractivity contribution in [1.29, 1.82) is 0 Å². The predicted molar refractivity (Wildman–Crippen MR) is 121 cm³/mol. The van der Waals surface area contributed by atoms with Gasteiger partial charge >= 0.3 is 6.01 Å². The average molecular weight is 473 g/mol. The fourth-order valence-electron chi connectivity index (χ4n) is 2.70. The van der Waals surface area contributed by atoms with Crippen LogP contribution in [-0.4, -0.2) is 44.1 Å². The van der Waals surface area contributed by atoms with E-state index in [0.717, 1.165) is 0 Å². The van der Waals surface area contributed by atoms with E-state index in [0.29, 0.717) is 36.1 Å². The van der Waals surface area contributed by atoms with Gasteiger partial charge in [-0.2, -0.15) is 0 Å². The van der Waals surface area contributed by atoms with E-state index in [-0.39, 0.29) is 10.9 Å². The number of ether oxygens (including phenoxy) is 3. The molecule has 3 rings (SSSR count). The summed E-state index contributed by atoms with van der Waals surface area (Å²) in [7, 11) is -3.94. The smallest absolute Gasteiger partial charge is 0.321 e. The molecule has 0 saturated carbocycles. The van der Waals surface area contributed by atoms with Gasteiger partial charge in [-0.1, -0.05) is 0 Å². The molecule has 0 fully saturated rings. The summed E-state index contributed by atoms with van der Waals surface area (Å²) in [6.45, 7) is 3.92. The van der Waals surface area contributed by atoms with Gasteiger partial charge in [0.05, 0.1) is 24.7 Å². The van der Waals surface area contributed by atoms with Gasteiger partial charge in [-0.15, -0.1) is 0 Å². The normalized spacial score (nSPS) is 11.0. The maximum Gasteiger partial charge on any atom is 0.321 e. The van der Waals surface area contributed by atoms with Gasteiger partial charge in [-0.3, -0.25) is 4.79 Å². The van der Waals surface area contributed by atoms with Crippen molar-refractivity contribution >= 4 is 21.6 Å². The Balaban J connectivity index is 1.58. The molecule has 2 N–H and O–H groups in total. The molecule has 0 aliphatic carbocycles. The highest BCUT2D eigenvalue weighted by atomic mass is 32.2. The van der Waals surface area contributed by atoms with Crippen LogP contribution in [0, 0.1) is 0 Å². The van der Waals surface area contributed by atoms with Crippen molar-refractivity contribution in [2.45, 2.75) is 18.7 Å². The van der Waals surface area contributed by atoms with Crippen LogP contribution in [0.3, 0.4) is 0 Å². The first-order valence-electron chi connectivity index (χ1n) is 10.2. The zero-order valence-corrected chi connectivity index (χ0v) is 19.0. The topological polar surface area (TPSA) is 129 Å². The van der Waals surface area contributed by atoms with Gasteiger partial charge in [0.15, 0.2) is 11.5 Å². The number of amides is 1. The lowest BCUT2D eigenvalue weighted by molar-refractivity contribution is -0.115. The van der Waals surface area contributed by atoms with Crippen LogP contribution >= 0.6 is 0 Å². The lowest BCUT2D eigenvalue weighted by atomic mass is 10.3. The fraction of sp³-hybridized carbons (Fsp3) is 0.227. The number of benzene rings is 2. The number of aromatic nitrogens is 2. The summed E-state index contributed by atoms with van der Waals surface area (Å²) in [5.41, 5.74) is 0.472. The predicted octanol–water partition coefficient (Wildman–Crippen LogP) is 2.98. The maximum atomic E-state index is 12.6. The second kappa shape index (κ2) is 11.2. The highest BCUT2D eigenvalue weighted by molar-refractivity contribution is 7.89. The molecule has 0 bridgehead atoms. The first-order valence-corrected chi connectivity index (χ1v) is 11.6. The molecule has 1 aromatic heterocycles. The molecule has 3 aromatic rings. The standard InChI is InChI=1S/C22H24N4O6S/c1-3-30-19-11-10-18(14-20(19)31-4-2)33(28,29)25-15-21(27)26-16-6-8-17(9-7-16)32-22-23-12-5-13-24-22/h5-14,25H,3-4,15H2,1-2H3,(H,26,27). The summed E-state index contributed by atoms with van der Waals surface area (Å²) in [5.74, 6) is 0.715. The number of anilines is 1. The fourth-order valence-corrected chi connectivity index (χ4v) is 3.69. The van der Waals surface area contributed by atoms with Crippen LogP contribution < -0.4 is 24.2 Å². The summed E-state index contributed by atoms with van der Waals surface area (Å²) in [6.07, 6.45) is 3.12. The minimum atomic E-state index is -3.94. The molecule has 33 heavy (non-hydrogen) atoms. The Bertz CT molecular complexity index is 1170. The average Bonchev–Trinajstić information content (AvgIpc) is 2.81. The van der Waals surface area contributed by atoms with E-state index in [1.807, 2.05) is 6.92 Å². The highest BCUT2D eigenvalue weighted by Crippen LogP contribution is 2.30. The third-order valence-corrected chi connectivity index (χ3v) is 5.54. The molecule has 174 valence electrons. The molecule has 11 heteroatoms.